The third-order valence-electron chi connectivity index (χ3n) is 2.84. The van der Waals surface area contributed by atoms with Crippen LogP contribution in [0.1, 0.15) is 33.1 Å². The highest BCUT2D eigenvalue weighted by Crippen LogP contribution is 2.18. The third-order valence-corrected chi connectivity index (χ3v) is 2.84. The van der Waals surface area contributed by atoms with Crippen molar-refractivity contribution in [3.8, 4) is 0 Å². The molecule has 1 rings (SSSR count). The van der Waals surface area contributed by atoms with Crippen LogP contribution in [0.5, 0.6) is 0 Å². The van der Waals surface area contributed by atoms with E-state index < -0.39 is 0 Å². The second kappa shape index (κ2) is 6.97. The molecule has 17 heavy (non-hydrogen) atoms. The van der Waals surface area contributed by atoms with Gasteiger partial charge in [0, 0.05) is 18.6 Å². The molecule has 0 aromatic carbocycles. The van der Waals surface area contributed by atoms with Gasteiger partial charge < -0.3 is 15.5 Å². The summed E-state index contributed by atoms with van der Waals surface area (Å²) in [5, 5.41) is 6.36. The number of carbonyl (C=O) groups excluding carboxylic acids is 1. The number of rotatable bonds is 8. The van der Waals surface area contributed by atoms with Gasteiger partial charge in [-0.15, -0.1) is 0 Å². The van der Waals surface area contributed by atoms with Crippen molar-refractivity contribution < 1.29 is 4.79 Å². The van der Waals surface area contributed by atoms with Gasteiger partial charge in [-0.05, 0) is 39.3 Å². The maximum Gasteiger partial charge on any atom is 0.234 e. The van der Waals surface area contributed by atoms with E-state index >= 15 is 0 Å². The zero-order chi connectivity index (χ0) is 12.8. The SMILES string of the molecule is CC(C)CC(CN(C)C)NCC(=O)NC1CC1. The highest BCUT2D eigenvalue weighted by molar-refractivity contribution is 5.78. The smallest absolute Gasteiger partial charge is 0.234 e. The second-order valence-corrected chi connectivity index (χ2v) is 5.81. The second-order valence-electron chi connectivity index (χ2n) is 5.81. The fourth-order valence-corrected chi connectivity index (χ4v) is 1.98. The van der Waals surface area contributed by atoms with Crippen molar-refractivity contribution in [1.82, 2.24) is 15.5 Å². The molecule has 1 unspecified atom stereocenters. The summed E-state index contributed by atoms with van der Waals surface area (Å²) in [7, 11) is 4.14. The lowest BCUT2D eigenvalue weighted by Crippen LogP contribution is -2.44. The molecular formula is C13H27N3O. The molecule has 4 heteroatoms. The van der Waals surface area contributed by atoms with Crippen LogP contribution in [0.15, 0.2) is 0 Å². The first-order valence-electron chi connectivity index (χ1n) is 6.65. The van der Waals surface area contributed by atoms with Crippen LogP contribution in [0.4, 0.5) is 0 Å². The highest BCUT2D eigenvalue weighted by atomic mass is 16.2. The van der Waals surface area contributed by atoms with Crippen molar-refractivity contribution in [2.45, 2.75) is 45.2 Å². The van der Waals surface area contributed by atoms with Crippen LogP contribution in [0.2, 0.25) is 0 Å². The van der Waals surface area contributed by atoms with Gasteiger partial charge in [-0.3, -0.25) is 4.79 Å². The van der Waals surface area contributed by atoms with Crippen LogP contribution in [0.25, 0.3) is 0 Å². The van der Waals surface area contributed by atoms with Crippen LogP contribution in [0.3, 0.4) is 0 Å². The largest absolute Gasteiger partial charge is 0.352 e. The van der Waals surface area contributed by atoms with Gasteiger partial charge in [0.2, 0.25) is 5.91 Å². The van der Waals surface area contributed by atoms with Crippen LogP contribution in [-0.4, -0.2) is 50.1 Å². The van der Waals surface area contributed by atoms with Gasteiger partial charge in [0.25, 0.3) is 0 Å². The minimum atomic E-state index is 0.139. The van der Waals surface area contributed by atoms with Crippen molar-refractivity contribution >= 4 is 5.91 Å². The molecule has 0 aliphatic heterocycles. The van der Waals surface area contributed by atoms with E-state index in [1.54, 1.807) is 0 Å². The lowest BCUT2D eigenvalue weighted by atomic mass is 10.0. The Balaban J connectivity index is 2.23. The van der Waals surface area contributed by atoms with Crippen molar-refractivity contribution in [3.05, 3.63) is 0 Å². The van der Waals surface area contributed by atoms with E-state index in [0.29, 0.717) is 24.5 Å². The van der Waals surface area contributed by atoms with Gasteiger partial charge in [-0.2, -0.15) is 0 Å². The van der Waals surface area contributed by atoms with Gasteiger partial charge in [0.1, 0.15) is 0 Å². The maximum atomic E-state index is 11.6. The van der Waals surface area contributed by atoms with E-state index in [4.69, 9.17) is 0 Å². The van der Waals surface area contributed by atoms with Crippen LogP contribution in [0, 0.1) is 5.92 Å². The Morgan fingerprint density at radius 3 is 2.47 bits per heavy atom. The Morgan fingerprint density at radius 2 is 2.00 bits per heavy atom. The average Bonchev–Trinajstić information content (AvgIpc) is 2.96. The van der Waals surface area contributed by atoms with Crippen LogP contribution < -0.4 is 10.6 Å². The zero-order valence-corrected chi connectivity index (χ0v) is 11.6. The lowest BCUT2D eigenvalue weighted by Gasteiger charge is -2.23. The van der Waals surface area contributed by atoms with Gasteiger partial charge in [-0.1, -0.05) is 13.8 Å². The number of nitrogens with one attached hydrogen (secondary N) is 2. The molecule has 0 heterocycles. The van der Waals surface area contributed by atoms with E-state index in [1.165, 1.54) is 0 Å². The predicted molar refractivity (Wildman–Crippen MR) is 71.0 cm³/mol. The first kappa shape index (κ1) is 14.5. The molecule has 2 N–H and O–H groups in total. The molecule has 0 bridgehead atoms. The molecule has 0 aromatic heterocycles. The van der Waals surface area contributed by atoms with Crippen molar-refractivity contribution in [2.24, 2.45) is 5.92 Å². The number of likely N-dealkylation sites (N-methyl/N-ethyl adjacent to an activating group) is 1. The Labute approximate surface area is 105 Å². The fourth-order valence-electron chi connectivity index (χ4n) is 1.98. The summed E-state index contributed by atoms with van der Waals surface area (Å²) in [5.74, 6) is 0.791. The summed E-state index contributed by atoms with van der Waals surface area (Å²) in [6.45, 7) is 5.86. The first-order valence-corrected chi connectivity index (χ1v) is 6.65. The monoisotopic (exact) mass is 241 g/mol. The van der Waals surface area contributed by atoms with Gasteiger partial charge in [-0.25, -0.2) is 0 Å². The summed E-state index contributed by atoms with van der Waals surface area (Å²) < 4.78 is 0. The molecule has 1 atom stereocenters. The Bertz CT molecular complexity index is 227. The Morgan fingerprint density at radius 1 is 1.35 bits per heavy atom. The molecule has 0 aromatic rings. The molecule has 1 saturated carbocycles. The predicted octanol–water partition coefficient (Wildman–Crippen LogP) is 0.831. The average molecular weight is 241 g/mol. The molecule has 0 saturated heterocycles. The standard InChI is InChI=1S/C13H27N3O/c1-10(2)7-12(9-16(3)4)14-8-13(17)15-11-5-6-11/h10-12,14H,5-9H2,1-4H3,(H,15,17). The van der Waals surface area contributed by atoms with Crippen molar-refractivity contribution in [1.29, 1.82) is 0 Å². The maximum absolute atomic E-state index is 11.6. The summed E-state index contributed by atoms with van der Waals surface area (Å²) in [6.07, 6.45) is 3.41. The fraction of sp³-hybridized carbons (Fsp3) is 0.923. The summed E-state index contributed by atoms with van der Waals surface area (Å²) in [5.41, 5.74) is 0. The zero-order valence-electron chi connectivity index (χ0n) is 11.6. The molecule has 4 nitrogen and oxygen atoms in total. The summed E-state index contributed by atoms with van der Waals surface area (Å²) >= 11 is 0. The molecular weight excluding hydrogens is 214 g/mol. The van der Waals surface area contributed by atoms with Crippen molar-refractivity contribution in [3.63, 3.8) is 0 Å². The molecule has 1 aliphatic rings. The van der Waals surface area contributed by atoms with E-state index in [9.17, 15) is 4.79 Å². The molecule has 0 spiro atoms. The number of nitrogens with zero attached hydrogens (tertiary/aromatic N) is 1. The summed E-state index contributed by atoms with van der Waals surface area (Å²) in [4.78, 5) is 13.7. The third kappa shape index (κ3) is 7.34. The molecule has 0 radical (unpaired) electrons. The lowest BCUT2D eigenvalue weighted by molar-refractivity contribution is -0.120. The van der Waals surface area contributed by atoms with E-state index in [2.05, 4.69) is 43.5 Å². The van der Waals surface area contributed by atoms with E-state index in [-0.39, 0.29) is 5.91 Å². The summed E-state index contributed by atoms with van der Waals surface area (Å²) in [6, 6.07) is 0.858. The Hall–Kier alpha value is -0.610. The van der Waals surface area contributed by atoms with Crippen LogP contribution in [-0.2, 0) is 4.79 Å². The van der Waals surface area contributed by atoms with E-state index in [0.717, 1.165) is 25.8 Å². The van der Waals surface area contributed by atoms with Gasteiger partial charge >= 0.3 is 0 Å². The normalized spacial score (nSPS) is 17.5. The molecule has 100 valence electrons. The minimum absolute atomic E-state index is 0.139. The number of hydrogen-bond donors (Lipinski definition) is 2. The minimum Gasteiger partial charge on any atom is -0.352 e. The number of carbonyl (C=O) groups is 1. The Kier molecular flexibility index (Phi) is 5.92. The van der Waals surface area contributed by atoms with E-state index in [1.807, 2.05) is 0 Å². The van der Waals surface area contributed by atoms with Crippen LogP contribution >= 0.6 is 0 Å². The van der Waals surface area contributed by atoms with Gasteiger partial charge in [0.05, 0.1) is 6.54 Å². The topological polar surface area (TPSA) is 44.4 Å². The molecule has 1 fully saturated rings. The highest BCUT2D eigenvalue weighted by Gasteiger charge is 2.23. The first-order chi connectivity index (χ1) is 7.97. The number of amides is 1. The quantitative estimate of drug-likeness (QED) is 0.661. The van der Waals surface area contributed by atoms with Gasteiger partial charge in [0.15, 0.2) is 0 Å². The number of hydrogen-bond acceptors (Lipinski definition) is 3. The van der Waals surface area contributed by atoms with Crippen molar-refractivity contribution in [2.75, 3.05) is 27.2 Å². The molecule has 1 amide bonds. The molecule has 1 aliphatic carbocycles.